The molecule has 208 valence electrons. The van der Waals surface area contributed by atoms with Crippen LogP contribution in [0, 0.1) is 11.6 Å². The molecule has 2 heterocycles. The van der Waals surface area contributed by atoms with Gasteiger partial charge >= 0.3 is 12.2 Å². The van der Waals surface area contributed by atoms with Gasteiger partial charge in [0, 0.05) is 42.7 Å². The number of urea groups is 1. The Kier molecular flexibility index (Phi) is 7.59. The normalized spacial score (nSPS) is 13.8. The molecule has 1 aliphatic rings. The number of nitrogens with zero attached hydrogens (tertiary/aromatic N) is 3. The van der Waals surface area contributed by atoms with Crippen molar-refractivity contribution in [3.63, 3.8) is 0 Å². The Balaban J connectivity index is 1.33. The summed E-state index contributed by atoms with van der Waals surface area (Å²) in [6, 6.07) is 8.10. The first-order chi connectivity index (χ1) is 19.1. The minimum Gasteiger partial charge on any atom is -0.454 e. The van der Waals surface area contributed by atoms with Crippen LogP contribution < -0.4 is 20.3 Å². The van der Waals surface area contributed by atoms with Crippen molar-refractivity contribution in [2.75, 3.05) is 41.8 Å². The molecular weight excluding hydrogens is 561 g/mol. The lowest BCUT2D eigenvalue weighted by Gasteiger charge is -2.27. The maximum atomic E-state index is 14.6. The predicted octanol–water partition coefficient (Wildman–Crippen LogP) is 6.85. The summed E-state index contributed by atoms with van der Waals surface area (Å²) < 4.78 is 79.1. The van der Waals surface area contributed by atoms with Gasteiger partial charge in [0.05, 0.1) is 41.0 Å². The van der Waals surface area contributed by atoms with Crippen LogP contribution in [0.15, 0.2) is 54.7 Å². The highest BCUT2D eigenvalue weighted by Gasteiger charge is 2.33. The molecule has 1 aliphatic heterocycles. The van der Waals surface area contributed by atoms with E-state index < -0.39 is 40.2 Å². The van der Waals surface area contributed by atoms with Gasteiger partial charge in [0.25, 0.3) is 0 Å². The van der Waals surface area contributed by atoms with Crippen LogP contribution in [0.2, 0.25) is 5.02 Å². The number of carbonyl (C=O) groups excluding carboxylic acids is 1. The Hall–Kier alpha value is -4.23. The molecule has 40 heavy (non-hydrogen) atoms. The molecule has 0 atom stereocenters. The fourth-order valence-corrected chi connectivity index (χ4v) is 4.17. The number of ether oxygens (including phenoxy) is 2. The second kappa shape index (κ2) is 11.1. The van der Waals surface area contributed by atoms with E-state index in [1.54, 1.807) is 12.3 Å². The number of morpholine rings is 1. The first-order valence-corrected chi connectivity index (χ1v) is 12.2. The van der Waals surface area contributed by atoms with Crippen molar-refractivity contribution in [1.82, 2.24) is 9.97 Å². The van der Waals surface area contributed by atoms with Crippen molar-refractivity contribution in [3.05, 3.63) is 76.9 Å². The number of rotatable bonds is 5. The molecule has 0 unspecified atom stereocenters. The third-order valence-electron chi connectivity index (χ3n) is 5.85. The fraction of sp³-hybridized carbons (Fsp3) is 0.192. The topological polar surface area (TPSA) is 88.6 Å². The van der Waals surface area contributed by atoms with Crippen LogP contribution in [0.1, 0.15) is 5.56 Å². The van der Waals surface area contributed by atoms with Crippen LogP contribution in [0.3, 0.4) is 0 Å². The largest absolute Gasteiger partial charge is 0.454 e. The third kappa shape index (κ3) is 6.15. The van der Waals surface area contributed by atoms with E-state index in [1.165, 1.54) is 12.1 Å². The summed E-state index contributed by atoms with van der Waals surface area (Å²) in [5.41, 5.74) is -0.572. The molecule has 1 fully saturated rings. The molecule has 1 aromatic heterocycles. The molecular formula is C26H19ClF5N5O3. The zero-order valence-electron chi connectivity index (χ0n) is 20.4. The Morgan fingerprint density at radius 1 is 0.975 bits per heavy atom. The standard InChI is InChI=1S/C26H19ClF5N5O3/c27-18-3-1-14(9-17(18)26(30,31)32)34-25(38)35-15-10-19(28)24(29)22(11-15)40-16-2-4-20-21(12-16)36-23(13-33-20)37-5-7-39-8-6-37/h1-4,9-13H,5-8H2,(H2,34,35,38). The summed E-state index contributed by atoms with van der Waals surface area (Å²) in [6.45, 7) is 2.42. The third-order valence-corrected chi connectivity index (χ3v) is 6.18. The van der Waals surface area contributed by atoms with Crippen LogP contribution >= 0.6 is 11.6 Å². The molecule has 5 rings (SSSR count). The van der Waals surface area contributed by atoms with Crippen LogP contribution in [-0.2, 0) is 10.9 Å². The zero-order chi connectivity index (χ0) is 28.4. The molecule has 3 aromatic carbocycles. The average molecular weight is 580 g/mol. The van der Waals surface area contributed by atoms with Crippen LogP contribution in [0.4, 0.5) is 43.9 Å². The van der Waals surface area contributed by atoms with E-state index >= 15 is 0 Å². The molecule has 0 radical (unpaired) electrons. The summed E-state index contributed by atoms with van der Waals surface area (Å²) in [5.74, 6) is -2.43. The van der Waals surface area contributed by atoms with Gasteiger partial charge in [-0.2, -0.15) is 17.6 Å². The lowest BCUT2D eigenvalue weighted by Crippen LogP contribution is -2.36. The summed E-state index contributed by atoms with van der Waals surface area (Å²) >= 11 is 5.59. The number of alkyl halides is 3. The minimum absolute atomic E-state index is 0.127. The Labute approximate surface area is 228 Å². The van der Waals surface area contributed by atoms with E-state index in [1.807, 2.05) is 4.90 Å². The first-order valence-electron chi connectivity index (χ1n) is 11.8. The van der Waals surface area contributed by atoms with Crippen molar-refractivity contribution in [3.8, 4) is 11.5 Å². The highest BCUT2D eigenvalue weighted by molar-refractivity contribution is 6.31. The van der Waals surface area contributed by atoms with Crippen molar-refractivity contribution in [1.29, 1.82) is 0 Å². The van der Waals surface area contributed by atoms with Crippen molar-refractivity contribution >= 4 is 45.9 Å². The maximum Gasteiger partial charge on any atom is 0.417 e. The monoisotopic (exact) mass is 579 g/mol. The lowest BCUT2D eigenvalue weighted by molar-refractivity contribution is -0.137. The molecule has 4 aromatic rings. The lowest BCUT2D eigenvalue weighted by atomic mass is 10.2. The second-order valence-electron chi connectivity index (χ2n) is 8.62. The van der Waals surface area contributed by atoms with E-state index in [4.69, 9.17) is 21.1 Å². The summed E-state index contributed by atoms with van der Waals surface area (Å²) in [5, 5.41) is 3.89. The quantitative estimate of drug-likeness (QED) is 0.251. The Morgan fingerprint density at radius 3 is 2.48 bits per heavy atom. The molecule has 2 amide bonds. The van der Waals surface area contributed by atoms with Gasteiger partial charge in [-0.15, -0.1) is 0 Å². The van der Waals surface area contributed by atoms with Gasteiger partial charge in [-0.25, -0.2) is 14.2 Å². The second-order valence-corrected chi connectivity index (χ2v) is 9.03. The van der Waals surface area contributed by atoms with E-state index in [0.29, 0.717) is 55.3 Å². The first kappa shape index (κ1) is 27.3. The van der Waals surface area contributed by atoms with E-state index in [9.17, 15) is 26.7 Å². The fourth-order valence-electron chi connectivity index (χ4n) is 3.94. The molecule has 0 spiro atoms. The molecule has 1 saturated heterocycles. The van der Waals surface area contributed by atoms with Crippen LogP contribution in [0.25, 0.3) is 11.0 Å². The Bertz CT molecular complexity index is 1580. The summed E-state index contributed by atoms with van der Waals surface area (Å²) in [6.07, 6.45) is -3.10. The van der Waals surface area contributed by atoms with Crippen LogP contribution in [0.5, 0.6) is 11.5 Å². The highest BCUT2D eigenvalue weighted by atomic mass is 35.5. The van der Waals surface area contributed by atoms with Gasteiger partial charge in [-0.05, 0) is 30.3 Å². The zero-order valence-corrected chi connectivity index (χ0v) is 21.1. The number of nitrogens with one attached hydrogen (secondary N) is 2. The maximum absolute atomic E-state index is 14.6. The molecule has 14 heteroatoms. The number of hydrogen-bond donors (Lipinski definition) is 2. The molecule has 0 saturated carbocycles. The number of fused-ring (bicyclic) bond motifs is 1. The molecule has 8 nitrogen and oxygen atoms in total. The molecule has 0 aliphatic carbocycles. The number of benzene rings is 3. The van der Waals surface area contributed by atoms with E-state index in [2.05, 4.69) is 20.6 Å². The number of amides is 2. The number of anilines is 3. The van der Waals surface area contributed by atoms with E-state index in [-0.39, 0.29) is 17.1 Å². The van der Waals surface area contributed by atoms with Crippen molar-refractivity contribution in [2.45, 2.75) is 6.18 Å². The Morgan fingerprint density at radius 2 is 1.73 bits per heavy atom. The number of aromatic nitrogens is 2. The van der Waals surface area contributed by atoms with Crippen LogP contribution in [-0.4, -0.2) is 42.3 Å². The molecule has 0 bridgehead atoms. The summed E-state index contributed by atoms with van der Waals surface area (Å²) in [7, 11) is 0. The van der Waals surface area contributed by atoms with Gasteiger partial charge in [0.2, 0.25) is 5.82 Å². The van der Waals surface area contributed by atoms with E-state index in [0.717, 1.165) is 18.2 Å². The van der Waals surface area contributed by atoms with Gasteiger partial charge in [-0.3, -0.25) is 4.98 Å². The average Bonchev–Trinajstić information content (AvgIpc) is 2.92. The highest BCUT2D eigenvalue weighted by Crippen LogP contribution is 2.36. The van der Waals surface area contributed by atoms with Gasteiger partial charge < -0.3 is 25.0 Å². The molecule has 2 N–H and O–H groups in total. The van der Waals surface area contributed by atoms with Crippen molar-refractivity contribution < 1.29 is 36.2 Å². The number of hydrogen-bond acceptors (Lipinski definition) is 6. The summed E-state index contributed by atoms with van der Waals surface area (Å²) in [4.78, 5) is 23.4. The minimum atomic E-state index is -4.74. The SMILES string of the molecule is O=C(Nc1cc(F)c(F)c(Oc2ccc3ncc(N4CCOCC4)nc3c2)c1)Nc1ccc(Cl)c(C(F)(F)F)c1. The van der Waals surface area contributed by atoms with Crippen molar-refractivity contribution in [2.24, 2.45) is 0 Å². The van der Waals surface area contributed by atoms with Gasteiger partial charge in [0.15, 0.2) is 11.6 Å². The van der Waals surface area contributed by atoms with Gasteiger partial charge in [-0.1, -0.05) is 11.6 Å². The number of carbonyl (C=O) groups is 1. The smallest absolute Gasteiger partial charge is 0.417 e. The van der Waals surface area contributed by atoms with Gasteiger partial charge in [0.1, 0.15) is 11.6 Å². The number of halogens is 6. The predicted molar refractivity (Wildman–Crippen MR) is 138 cm³/mol.